The Kier molecular flexibility index (Phi) is 5.94. The van der Waals surface area contributed by atoms with E-state index in [4.69, 9.17) is 5.11 Å². The molecule has 0 unspecified atom stereocenters. The van der Waals surface area contributed by atoms with E-state index in [1.807, 2.05) is 0 Å². The Morgan fingerprint density at radius 3 is 2.53 bits per heavy atom. The molecule has 2 nitrogen and oxygen atoms in total. The molecule has 0 aliphatic carbocycles. The zero-order valence-electron chi connectivity index (χ0n) is 9.04. The summed E-state index contributed by atoms with van der Waals surface area (Å²) < 4.78 is 38.2. The largest absolute Gasteiger partial charge is 0.395 e. The van der Waals surface area contributed by atoms with Gasteiger partial charge >= 0.3 is 0 Å². The number of halogens is 4. The van der Waals surface area contributed by atoms with Gasteiger partial charge in [-0.2, -0.15) is 0 Å². The van der Waals surface area contributed by atoms with E-state index in [0.29, 0.717) is 10.0 Å². The van der Waals surface area contributed by atoms with Crippen LogP contribution in [0.1, 0.15) is 5.56 Å². The van der Waals surface area contributed by atoms with E-state index in [0.717, 1.165) is 0 Å². The van der Waals surface area contributed by atoms with Crippen molar-refractivity contribution in [3.8, 4) is 0 Å². The summed E-state index contributed by atoms with van der Waals surface area (Å²) in [5, 5.41) is 8.77. The van der Waals surface area contributed by atoms with Gasteiger partial charge in [0.15, 0.2) is 0 Å². The predicted molar refractivity (Wildman–Crippen MR) is 62.5 cm³/mol. The first-order chi connectivity index (χ1) is 8.01. The molecular weight excluding hydrogens is 299 g/mol. The summed E-state index contributed by atoms with van der Waals surface area (Å²) in [5.74, 6) is -0.421. The third-order valence-electron chi connectivity index (χ3n) is 2.14. The molecule has 0 spiro atoms. The summed E-state index contributed by atoms with van der Waals surface area (Å²) in [6.45, 7) is -0.322. The lowest BCUT2D eigenvalue weighted by Crippen LogP contribution is -2.31. The maximum atomic E-state index is 13.1. The van der Waals surface area contributed by atoms with Crippen molar-refractivity contribution in [1.29, 1.82) is 0 Å². The number of nitrogens with zero attached hydrogens (tertiary/aromatic N) is 1. The smallest absolute Gasteiger partial charge is 0.251 e. The molecule has 0 fully saturated rings. The Labute approximate surface area is 106 Å². The number of hydrogen-bond donors (Lipinski definition) is 1. The summed E-state index contributed by atoms with van der Waals surface area (Å²) in [6.07, 6.45) is -2.47. The number of hydrogen-bond acceptors (Lipinski definition) is 2. The Morgan fingerprint density at radius 1 is 1.29 bits per heavy atom. The quantitative estimate of drug-likeness (QED) is 0.873. The highest BCUT2D eigenvalue weighted by Gasteiger charge is 2.12. The Hall–Kier alpha value is -0.590. The monoisotopic (exact) mass is 311 g/mol. The summed E-state index contributed by atoms with van der Waals surface area (Å²) >= 11 is 3.14. The second-order valence-corrected chi connectivity index (χ2v) is 4.54. The third-order valence-corrected chi connectivity index (χ3v) is 2.60. The normalized spacial score (nSPS) is 11.5. The van der Waals surface area contributed by atoms with Gasteiger partial charge in [-0.15, -0.1) is 0 Å². The van der Waals surface area contributed by atoms with Crippen LogP contribution in [0.25, 0.3) is 0 Å². The molecule has 17 heavy (non-hydrogen) atoms. The van der Waals surface area contributed by atoms with Crippen molar-refractivity contribution in [2.75, 3.05) is 19.7 Å². The van der Waals surface area contributed by atoms with Crippen molar-refractivity contribution < 1.29 is 18.3 Å². The first kappa shape index (κ1) is 14.5. The average molecular weight is 312 g/mol. The van der Waals surface area contributed by atoms with Crippen LogP contribution in [0.15, 0.2) is 22.7 Å². The summed E-state index contributed by atoms with van der Waals surface area (Å²) in [6, 6.07) is 4.26. The lowest BCUT2D eigenvalue weighted by molar-refractivity contribution is 0.0746. The van der Waals surface area contributed by atoms with Gasteiger partial charge in [-0.3, -0.25) is 4.90 Å². The molecule has 1 aromatic carbocycles. The van der Waals surface area contributed by atoms with Crippen LogP contribution in [-0.4, -0.2) is 36.1 Å². The fraction of sp³-hybridized carbons (Fsp3) is 0.455. The van der Waals surface area contributed by atoms with Crippen LogP contribution in [0.2, 0.25) is 0 Å². The van der Waals surface area contributed by atoms with E-state index in [-0.39, 0.29) is 19.7 Å². The van der Waals surface area contributed by atoms with Gasteiger partial charge in [0.25, 0.3) is 6.43 Å². The molecule has 0 saturated heterocycles. The van der Waals surface area contributed by atoms with Crippen molar-refractivity contribution >= 4 is 15.9 Å². The van der Waals surface area contributed by atoms with Gasteiger partial charge in [0.05, 0.1) is 13.2 Å². The van der Waals surface area contributed by atoms with Gasteiger partial charge in [0, 0.05) is 17.6 Å². The molecule has 0 bridgehead atoms. The van der Waals surface area contributed by atoms with E-state index in [1.54, 1.807) is 6.07 Å². The van der Waals surface area contributed by atoms with Crippen LogP contribution in [0.5, 0.6) is 0 Å². The fourth-order valence-corrected chi connectivity index (χ4v) is 2.04. The SMILES string of the molecule is OCCN(Cc1cc(F)cc(Br)c1)CC(F)F. The summed E-state index contributed by atoms with van der Waals surface area (Å²) in [4.78, 5) is 1.38. The number of rotatable bonds is 6. The molecule has 0 heterocycles. The Morgan fingerprint density at radius 2 is 2.00 bits per heavy atom. The van der Waals surface area contributed by atoms with Crippen LogP contribution in [0, 0.1) is 5.82 Å². The molecule has 0 amide bonds. The van der Waals surface area contributed by atoms with Crippen molar-refractivity contribution in [2.24, 2.45) is 0 Å². The maximum Gasteiger partial charge on any atom is 0.251 e. The van der Waals surface area contributed by atoms with Crippen LogP contribution in [-0.2, 0) is 6.54 Å². The standard InChI is InChI=1S/C11H13BrF3NO/c12-9-3-8(4-10(13)5-9)6-16(1-2-17)7-11(14)15/h3-5,11,17H,1-2,6-7H2. The fourth-order valence-electron chi connectivity index (χ4n) is 1.53. The van der Waals surface area contributed by atoms with Gasteiger partial charge in [0.2, 0.25) is 0 Å². The van der Waals surface area contributed by atoms with E-state index in [1.165, 1.54) is 17.0 Å². The second-order valence-electron chi connectivity index (χ2n) is 3.63. The van der Waals surface area contributed by atoms with Crippen molar-refractivity contribution in [3.05, 3.63) is 34.1 Å². The molecule has 96 valence electrons. The topological polar surface area (TPSA) is 23.5 Å². The third kappa shape index (κ3) is 5.52. The van der Waals surface area contributed by atoms with Gasteiger partial charge in [-0.1, -0.05) is 15.9 Å². The van der Waals surface area contributed by atoms with Crippen molar-refractivity contribution in [1.82, 2.24) is 4.90 Å². The van der Waals surface area contributed by atoms with E-state index >= 15 is 0 Å². The minimum atomic E-state index is -2.47. The van der Waals surface area contributed by atoms with E-state index in [9.17, 15) is 13.2 Å². The van der Waals surface area contributed by atoms with Crippen LogP contribution >= 0.6 is 15.9 Å². The van der Waals surface area contributed by atoms with Gasteiger partial charge in [-0.05, 0) is 23.8 Å². The lowest BCUT2D eigenvalue weighted by atomic mass is 10.2. The molecule has 0 aliphatic heterocycles. The Balaban J connectivity index is 2.70. The molecule has 0 aromatic heterocycles. The van der Waals surface area contributed by atoms with Crippen molar-refractivity contribution in [3.63, 3.8) is 0 Å². The second kappa shape index (κ2) is 6.98. The first-order valence-electron chi connectivity index (χ1n) is 5.07. The van der Waals surface area contributed by atoms with Gasteiger partial charge in [0.1, 0.15) is 5.82 Å². The van der Waals surface area contributed by atoms with E-state index < -0.39 is 18.8 Å². The zero-order valence-corrected chi connectivity index (χ0v) is 10.6. The molecule has 0 atom stereocenters. The highest BCUT2D eigenvalue weighted by Crippen LogP contribution is 2.16. The predicted octanol–water partition coefficient (Wildman–Crippen LogP) is 2.65. The van der Waals surface area contributed by atoms with Crippen LogP contribution < -0.4 is 0 Å². The molecule has 1 aromatic rings. The number of aliphatic hydroxyl groups is 1. The molecule has 0 saturated carbocycles. The molecule has 1 rings (SSSR count). The minimum Gasteiger partial charge on any atom is -0.395 e. The summed E-state index contributed by atoms with van der Waals surface area (Å²) in [5.41, 5.74) is 0.589. The van der Waals surface area contributed by atoms with Gasteiger partial charge < -0.3 is 5.11 Å². The van der Waals surface area contributed by atoms with Crippen LogP contribution in [0.4, 0.5) is 13.2 Å². The highest BCUT2D eigenvalue weighted by molar-refractivity contribution is 9.10. The first-order valence-corrected chi connectivity index (χ1v) is 5.87. The maximum absolute atomic E-state index is 13.1. The number of aliphatic hydroxyl groups excluding tert-OH is 1. The average Bonchev–Trinajstić information content (AvgIpc) is 2.14. The van der Waals surface area contributed by atoms with Gasteiger partial charge in [-0.25, -0.2) is 13.2 Å². The molecular formula is C11H13BrF3NO. The number of alkyl halides is 2. The zero-order chi connectivity index (χ0) is 12.8. The number of benzene rings is 1. The van der Waals surface area contributed by atoms with Crippen LogP contribution in [0.3, 0.4) is 0 Å². The molecule has 0 radical (unpaired) electrons. The summed E-state index contributed by atoms with van der Waals surface area (Å²) in [7, 11) is 0. The highest BCUT2D eigenvalue weighted by atomic mass is 79.9. The van der Waals surface area contributed by atoms with E-state index in [2.05, 4.69) is 15.9 Å². The minimum absolute atomic E-state index is 0.137. The molecule has 6 heteroatoms. The molecule has 1 N–H and O–H groups in total. The Bertz CT molecular complexity index is 342. The van der Waals surface area contributed by atoms with Crippen molar-refractivity contribution in [2.45, 2.75) is 13.0 Å². The lowest BCUT2D eigenvalue weighted by Gasteiger charge is -2.20. The molecule has 0 aliphatic rings.